The van der Waals surface area contributed by atoms with Gasteiger partial charge in [0.1, 0.15) is 0 Å². The van der Waals surface area contributed by atoms with E-state index in [9.17, 15) is 4.79 Å². The normalized spacial score (nSPS) is 15.7. The van der Waals surface area contributed by atoms with Crippen LogP contribution in [0.5, 0.6) is 0 Å². The molecule has 1 fully saturated rings. The van der Waals surface area contributed by atoms with Crippen molar-refractivity contribution < 1.29 is 4.79 Å². The first kappa shape index (κ1) is 14.7. The third-order valence-electron chi connectivity index (χ3n) is 3.33. The Morgan fingerprint density at radius 3 is 2.84 bits per heavy atom. The van der Waals surface area contributed by atoms with Gasteiger partial charge in [0.25, 0.3) is 5.91 Å². The van der Waals surface area contributed by atoms with Crippen molar-refractivity contribution in [2.75, 3.05) is 26.2 Å². The van der Waals surface area contributed by atoms with Gasteiger partial charge in [0.15, 0.2) is 0 Å². The quantitative estimate of drug-likeness (QED) is 0.647. The second-order valence-electron chi connectivity index (χ2n) is 4.82. The first-order valence-corrected chi connectivity index (χ1v) is 7.48. The Labute approximate surface area is 124 Å². The Bertz CT molecular complexity index is 447. The molecule has 1 aromatic carbocycles. The predicted molar refractivity (Wildman–Crippen MR) is 81.3 cm³/mol. The van der Waals surface area contributed by atoms with Gasteiger partial charge in [0.2, 0.25) is 0 Å². The van der Waals surface area contributed by atoms with Gasteiger partial charge in [-0.25, -0.2) is 0 Å². The summed E-state index contributed by atoms with van der Waals surface area (Å²) < 4.78 is 0. The minimum absolute atomic E-state index is 0.123. The van der Waals surface area contributed by atoms with Crippen LogP contribution >= 0.6 is 24.2 Å². The molecule has 0 aliphatic carbocycles. The fourth-order valence-corrected chi connectivity index (χ4v) is 2.70. The summed E-state index contributed by atoms with van der Waals surface area (Å²) in [5.74, 6) is -0.123. The van der Waals surface area contributed by atoms with Crippen molar-refractivity contribution in [3.05, 3.63) is 28.8 Å². The average Bonchev–Trinajstić information content (AvgIpc) is 2.90. The summed E-state index contributed by atoms with van der Waals surface area (Å²) in [6, 6.07) is 5.17. The zero-order chi connectivity index (χ0) is 13.7. The molecule has 2 rings (SSSR count). The molecule has 3 nitrogen and oxygen atoms in total. The number of halogens is 1. The molecule has 1 N–H and O–H groups in total. The highest BCUT2D eigenvalue weighted by Gasteiger charge is 2.12. The summed E-state index contributed by atoms with van der Waals surface area (Å²) in [7, 11) is 0. The molecule has 19 heavy (non-hydrogen) atoms. The van der Waals surface area contributed by atoms with Crippen molar-refractivity contribution in [1.29, 1.82) is 0 Å². The van der Waals surface area contributed by atoms with Crippen molar-refractivity contribution in [2.45, 2.75) is 24.2 Å². The van der Waals surface area contributed by atoms with Crippen LogP contribution in [0.1, 0.15) is 29.6 Å². The number of nitrogens with zero attached hydrogens (tertiary/aromatic N) is 1. The lowest BCUT2D eigenvalue weighted by atomic mass is 10.2. The maximum absolute atomic E-state index is 12.0. The van der Waals surface area contributed by atoms with E-state index in [0.717, 1.165) is 17.9 Å². The van der Waals surface area contributed by atoms with E-state index in [4.69, 9.17) is 11.6 Å². The first-order chi connectivity index (χ1) is 9.16. The third kappa shape index (κ3) is 4.41. The number of nitrogens with one attached hydrogen (secondary N) is 1. The molecule has 1 aliphatic heterocycles. The van der Waals surface area contributed by atoms with E-state index in [1.807, 2.05) is 0 Å². The van der Waals surface area contributed by atoms with E-state index in [0.29, 0.717) is 17.1 Å². The van der Waals surface area contributed by atoms with Gasteiger partial charge < -0.3 is 10.2 Å². The zero-order valence-electron chi connectivity index (χ0n) is 10.9. The number of thiol groups is 1. The largest absolute Gasteiger partial charge is 0.352 e. The topological polar surface area (TPSA) is 32.3 Å². The molecule has 0 spiro atoms. The van der Waals surface area contributed by atoms with E-state index < -0.39 is 0 Å². The highest BCUT2D eigenvalue weighted by atomic mass is 35.5. The molecule has 5 heteroatoms. The monoisotopic (exact) mass is 298 g/mol. The fraction of sp³-hybridized carbons (Fsp3) is 0.500. The molecule has 0 bridgehead atoms. The predicted octanol–water partition coefficient (Wildman–Crippen LogP) is 2.84. The van der Waals surface area contributed by atoms with E-state index in [1.165, 1.54) is 25.9 Å². The lowest BCUT2D eigenvalue weighted by Gasteiger charge is -2.14. The number of hydrogen-bond donors (Lipinski definition) is 2. The van der Waals surface area contributed by atoms with E-state index in [2.05, 4.69) is 22.8 Å². The summed E-state index contributed by atoms with van der Waals surface area (Å²) in [6.07, 6.45) is 3.58. The van der Waals surface area contributed by atoms with Gasteiger partial charge in [0.05, 0.1) is 10.6 Å². The third-order valence-corrected chi connectivity index (χ3v) is 3.94. The molecular weight excluding hydrogens is 280 g/mol. The van der Waals surface area contributed by atoms with Crippen LogP contribution in [0.25, 0.3) is 0 Å². The van der Waals surface area contributed by atoms with Crippen molar-refractivity contribution in [3.8, 4) is 0 Å². The van der Waals surface area contributed by atoms with Crippen molar-refractivity contribution in [3.63, 3.8) is 0 Å². The molecule has 104 valence electrons. The van der Waals surface area contributed by atoms with Gasteiger partial charge in [0, 0.05) is 11.4 Å². The number of rotatable bonds is 5. The van der Waals surface area contributed by atoms with Crippen LogP contribution in [0, 0.1) is 0 Å². The molecule has 0 atom stereocenters. The van der Waals surface area contributed by atoms with Crippen LogP contribution in [-0.2, 0) is 0 Å². The van der Waals surface area contributed by atoms with Gasteiger partial charge >= 0.3 is 0 Å². The van der Waals surface area contributed by atoms with E-state index in [-0.39, 0.29) is 5.91 Å². The highest BCUT2D eigenvalue weighted by Crippen LogP contribution is 2.19. The molecule has 1 heterocycles. The standard InChI is InChI=1S/C14H19ClN2OS/c15-13-5-4-11(19)10-12(13)14(18)16-6-3-9-17-7-1-2-8-17/h4-5,10,19H,1-3,6-9H2,(H,16,18). The van der Waals surface area contributed by atoms with Gasteiger partial charge in [-0.05, 0) is 57.1 Å². The van der Waals surface area contributed by atoms with Crippen LogP contribution in [-0.4, -0.2) is 37.0 Å². The second kappa shape index (κ2) is 7.17. The van der Waals surface area contributed by atoms with Crippen LogP contribution < -0.4 is 5.32 Å². The highest BCUT2D eigenvalue weighted by molar-refractivity contribution is 7.80. The van der Waals surface area contributed by atoms with Crippen molar-refractivity contribution in [2.24, 2.45) is 0 Å². The molecule has 0 unspecified atom stereocenters. The number of hydrogen-bond acceptors (Lipinski definition) is 3. The number of amides is 1. The minimum Gasteiger partial charge on any atom is -0.352 e. The fourth-order valence-electron chi connectivity index (χ4n) is 2.29. The smallest absolute Gasteiger partial charge is 0.252 e. The summed E-state index contributed by atoms with van der Waals surface area (Å²) in [5, 5.41) is 3.37. The maximum Gasteiger partial charge on any atom is 0.252 e. The summed E-state index contributed by atoms with van der Waals surface area (Å²) in [4.78, 5) is 15.2. The van der Waals surface area contributed by atoms with Crippen LogP contribution in [0.2, 0.25) is 5.02 Å². The molecular formula is C14H19ClN2OS. The van der Waals surface area contributed by atoms with Crippen molar-refractivity contribution in [1.82, 2.24) is 10.2 Å². The van der Waals surface area contributed by atoms with Gasteiger partial charge in [-0.2, -0.15) is 0 Å². The first-order valence-electron chi connectivity index (χ1n) is 6.66. The molecule has 1 aliphatic rings. The Morgan fingerprint density at radius 2 is 2.11 bits per heavy atom. The lowest BCUT2D eigenvalue weighted by molar-refractivity contribution is 0.0952. The number of carbonyl (C=O) groups excluding carboxylic acids is 1. The molecule has 1 aromatic rings. The van der Waals surface area contributed by atoms with E-state index >= 15 is 0 Å². The Morgan fingerprint density at radius 1 is 1.37 bits per heavy atom. The number of likely N-dealkylation sites (tertiary alicyclic amines) is 1. The Kier molecular flexibility index (Phi) is 5.55. The summed E-state index contributed by atoms with van der Waals surface area (Å²) >= 11 is 10.2. The van der Waals surface area contributed by atoms with Crippen molar-refractivity contribution >= 4 is 30.1 Å². The van der Waals surface area contributed by atoms with E-state index in [1.54, 1.807) is 18.2 Å². The van der Waals surface area contributed by atoms with Gasteiger partial charge in [-0.15, -0.1) is 12.6 Å². The summed E-state index contributed by atoms with van der Waals surface area (Å²) in [6.45, 7) is 4.13. The van der Waals surface area contributed by atoms with Crippen LogP contribution in [0.15, 0.2) is 23.1 Å². The number of carbonyl (C=O) groups is 1. The molecule has 0 saturated carbocycles. The molecule has 1 saturated heterocycles. The zero-order valence-corrected chi connectivity index (χ0v) is 12.5. The second-order valence-corrected chi connectivity index (χ2v) is 5.75. The SMILES string of the molecule is O=C(NCCCN1CCCC1)c1cc(S)ccc1Cl. The summed E-state index contributed by atoms with van der Waals surface area (Å²) in [5.41, 5.74) is 0.496. The van der Waals surface area contributed by atoms with Crippen LogP contribution in [0.4, 0.5) is 0 Å². The molecule has 1 amide bonds. The lowest BCUT2D eigenvalue weighted by Crippen LogP contribution is -2.28. The minimum atomic E-state index is -0.123. The maximum atomic E-state index is 12.0. The number of benzene rings is 1. The molecule has 0 aromatic heterocycles. The van der Waals surface area contributed by atoms with Gasteiger partial charge in [-0.3, -0.25) is 4.79 Å². The van der Waals surface area contributed by atoms with Gasteiger partial charge in [-0.1, -0.05) is 11.6 Å². The Hall–Kier alpha value is -0.710. The Balaban J connectivity index is 1.75. The van der Waals surface area contributed by atoms with Crippen LogP contribution in [0.3, 0.4) is 0 Å². The molecule has 0 radical (unpaired) electrons. The average molecular weight is 299 g/mol.